The number of morpholine rings is 1. The number of primary amides is 1. The molecule has 0 aliphatic carbocycles. The van der Waals surface area contributed by atoms with E-state index in [1.54, 1.807) is 6.92 Å². The Bertz CT molecular complexity index is 1480. The van der Waals surface area contributed by atoms with Crippen LogP contribution in [0.5, 0.6) is 0 Å². The van der Waals surface area contributed by atoms with E-state index in [9.17, 15) is 24.0 Å². The molecule has 2 aliphatic heterocycles. The molecule has 0 radical (unpaired) electrons. The molecule has 12 heteroatoms. The summed E-state index contributed by atoms with van der Waals surface area (Å²) in [6, 6.07) is 16.9. The summed E-state index contributed by atoms with van der Waals surface area (Å²) in [4.78, 5) is 71.5. The zero-order chi connectivity index (χ0) is 37.0. The number of epoxide rings is 1. The molecule has 0 aromatic heterocycles. The van der Waals surface area contributed by atoms with Crippen molar-refractivity contribution in [2.24, 2.45) is 17.6 Å². The van der Waals surface area contributed by atoms with Crippen molar-refractivity contribution in [3.8, 4) is 0 Å². The van der Waals surface area contributed by atoms with Gasteiger partial charge >= 0.3 is 0 Å². The topological polar surface area (TPSA) is 172 Å². The molecule has 0 saturated carbocycles. The van der Waals surface area contributed by atoms with Crippen molar-refractivity contribution in [1.29, 1.82) is 0 Å². The monoisotopic (exact) mass is 705 g/mol. The number of carbonyl (C=O) groups is 5. The van der Waals surface area contributed by atoms with Gasteiger partial charge in [0.25, 0.3) is 0 Å². The van der Waals surface area contributed by atoms with Gasteiger partial charge in [-0.15, -0.1) is 0 Å². The number of carbonyl (C=O) groups excluding carboxylic acids is 5. The molecule has 4 amide bonds. The Hall–Kier alpha value is -4.13. The molecule has 2 fully saturated rings. The number of ketones is 1. The standard InChI is InChI=1S/C39H55N5O7/c1-5-18-39(37(40)49,30(24-29-14-10-7-11-15-29)35(47)42-32(23-27(2)3)34(46)38(4)26-51-38)43-36(48)31(17-16-28-12-8-6-9-13-28)41-33(45)25-44-19-21-50-22-20-44/h6-15,27,30-32H,5,16-26H2,1-4H3,(H2,40,49)(H,41,45)(H,42,47)(H,43,48)/t30?,31?,32?,38-,39?/m1/s1. The fourth-order valence-corrected chi connectivity index (χ4v) is 6.74. The van der Waals surface area contributed by atoms with E-state index >= 15 is 0 Å². The highest BCUT2D eigenvalue weighted by molar-refractivity contribution is 6.01. The lowest BCUT2D eigenvalue weighted by atomic mass is 9.75. The average Bonchev–Trinajstić information content (AvgIpc) is 3.87. The number of nitrogens with two attached hydrogens (primary N) is 1. The van der Waals surface area contributed by atoms with Crippen LogP contribution in [0, 0.1) is 11.8 Å². The number of benzene rings is 2. The van der Waals surface area contributed by atoms with Crippen molar-refractivity contribution in [2.75, 3.05) is 39.5 Å². The maximum Gasteiger partial charge on any atom is 0.244 e. The van der Waals surface area contributed by atoms with Gasteiger partial charge in [0.2, 0.25) is 23.6 Å². The van der Waals surface area contributed by atoms with E-state index in [4.69, 9.17) is 15.2 Å². The van der Waals surface area contributed by atoms with Crippen LogP contribution in [0.15, 0.2) is 60.7 Å². The van der Waals surface area contributed by atoms with E-state index < -0.39 is 46.9 Å². The van der Waals surface area contributed by atoms with Gasteiger partial charge < -0.3 is 31.2 Å². The van der Waals surface area contributed by atoms with Crippen LogP contribution in [0.2, 0.25) is 0 Å². The van der Waals surface area contributed by atoms with Crippen LogP contribution in [0.1, 0.15) is 64.5 Å². The minimum absolute atomic E-state index is 0.0513. The summed E-state index contributed by atoms with van der Waals surface area (Å²) in [5.41, 5.74) is 5.10. The Morgan fingerprint density at radius 2 is 1.51 bits per heavy atom. The van der Waals surface area contributed by atoms with E-state index in [2.05, 4.69) is 16.0 Å². The second-order valence-corrected chi connectivity index (χ2v) is 14.4. The van der Waals surface area contributed by atoms with Crippen molar-refractivity contribution in [3.05, 3.63) is 71.8 Å². The number of hydrogen-bond acceptors (Lipinski definition) is 8. The van der Waals surface area contributed by atoms with E-state index in [1.165, 1.54) is 0 Å². The second kappa shape index (κ2) is 18.4. The molecular weight excluding hydrogens is 650 g/mol. The third-order valence-electron chi connectivity index (χ3n) is 9.75. The van der Waals surface area contributed by atoms with Crippen LogP contribution >= 0.6 is 0 Å². The largest absolute Gasteiger partial charge is 0.379 e. The SMILES string of the molecule is CCCC(NC(=O)C(CCc1ccccc1)NC(=O)CN1CCOCC1)(C(N)=O)C(Cc1ccccc1)C(=O)NC(CC(C)C)C(=O)[C@@]1(C)CO1. The number of ether oxygens (including phenoxy) is 2. The predicted molar refractivity (Wildman–Crippen MR) is 193 cm³/mol. The molecule has 51 heavy (non-hydrogen) atoms. The van der Waals surface area contributed by atoms with Gasteiger partial charge in [-0.3, -0.25) is 28.9 Å². The summed E-state index contributed by atoms with van der Waals surface area (Å²) in [6.45, 7) is 10.0. The molecule has 4 unspecified atom stereocenters. The van der Waals surface area contributed by atoms with Crippen LogP contribution in [-0.4, -0.2) is 97.0 Å². The van der Waals surface area contributed by atoms with Crippen molar-refractivity contribution in [3.63, 3.8) is 0 Å². The normalized spacial score (nSPS) is 20.3. The summed E-state index contributed by atoms with van der Waals surface area (Å²) < 4.78 is 10.8. The highest BCUT2D eigenvalue weighted by Gasteiger charge is 2.53. The van der Waals surface area contributed by atoms with Gasteiger partial charge in [-0.25, -0.2) is 0 Å². The van der Waals surface area contributed by atoms with E-state index in [1.807, 2.05) is 86.3 Å². The number of nitrogens with one attached hydrogen (secondary N) is 3. The molecule has 2 saturated heterocycles. The van der Waals surface area contributed by atoms with Crippen molar-refractivity contribution in [2.45, 2.75) is 89.4 Å². The fraction of sp³-hybridized carbons (Fsp3) is 0.564. The summed E-state index contributed by atoms with van der Waals surface area (Å²) in [5.74, 6) is -3.77. The highest BCUT2D eigenvalue weighted by Crippen LogP contribution is 2.32. The molecule has 12 nitrogen and oxygen atoms in total. The molecule has 5 atom stereocenters. The molecule has 2 heterocycles. The average molecular weight is 706 g/mol. The lowest BCUT2D eigenvalue weighted by Gasteiger charge is -2.40. The number of Topliss-reactive ketones (excluding diaryl/α,β-unsaturated/α-hetero) is 1. The minimum Gasteiger partial charge on any atom is -0.379 e. The van der Waals surface area contributed by atoms with Gasteiger partial charge in [0.05, 0.1) is 38.3 Å². The smallest absolute Gasteiger partial charge is 0.244 e. The number of hydrogen-bond donors (Lipinski definition) is 4. The first-order chi connectivity index (χ1) is 24.4. The van der Waals surface area contributed by atoms with Crippen LogP contribution in [0.4, 0.5) is 0 Å². The van der Waals surface area contributed by atoms with Crippen LogP contribution < -0.4 is 21.7 Å². The Labute approximate surface area is 301 Å². The van der Waals surface area contributed by atoms with Gasteiger partial charge in [0.15, 0.2) is 5.78 Å². The molecule has 2 aliphatic rings. The summed E-state index contributed by atoms with van der Waals surface area (Å²) >= 11 is 0. The van der Waals surface area contributed by atoms with Gasteiger partial charge in [0, 0.05) is 13.1 Å². The molecule has 278 valence electrons. The van der Waals surface area contributed by atoms with Crippen LogP contribution in [0.3, 0.4) is 0 Å². The molecule has 4 rings (SSSR count). The number of amides is 4. The Morgan fingerprint density at radius 3 is 2.06 bits per heavy atom. The van der Waals surface area contributed by atoms with Gasteiger partial charge in [-0.1, -0.05) is 87.9 Å². The third kappa shape index (κ3) is 11.2. The fourth-order valence-electron chi connectivity index (χ4n) is 6.74. The molecular formula is C39H55N5O7. The zero-order valence-corrected chi connectivity index (χ0v) is 30.5. The zero-order valence-electron chi connectivity index (χ0n) is 30.5. The highest BCUT2D eigenvalue weighted by atomic mass is 16.6. The van der Waals surface area contributed by atoms with Crippen molar-refractivity contribution >= 4 is 29.4 Å². The molecule has 0 bridgehead atoms. The maximum absolute atomic E-state index is 14.5. The quantitative estimate of drug-likeness (QED) is 0.152. The van der Waals surface area contributed by atoms with Crippen molar-refractivity contribution in [1.82, 2.24) is 20.9 Å². The Morgan fingerprint density at radius 1 is 0.902 bits per heavy atom. The second-order valence-electron chi connectivity index (χ2n) is 14.4. The van der Waals surface area contributed by atoms with Gasteiger partial charge in [-0.05, 0) is 56.1 Å². The van der Waals surface area contributed by atoms with Crippen molar-refractivity contribution < 1.29 is 33.4 Å². The van der Waals surface area contributed by atoms with E-state index in [0.717, 1.165) is 11.1 Å². The Kier molecular flexibility index (Phi) is 14.3. The summed E-state index contributed by atoms with van der Waals surface area (Å²) in [7, 11) is 0. The third-order valence-corrected chi connectivity index (χ3v) is 9.75. The lowest BCUT2D eigenvalue weighted by Crippen LogP contribution is -2.68. The molecule has 2 aromatic rings. The molecule has 2 aromatic carbocycles. The molecule has 0 spiro atoms. The molecule has 5 N–H and O–H groups in total. The summed E-state index contributed by atoms with van der Waals surface area (Å²) in [6.07, 6.45) is 1.59. The first-order valence-corrected chi connectivity index (χ1v) is 18.1. The first kappa shape index (κ1) is 39.7. The lowest BCUT2D eigenvalue weighted by molar-refractivity contribution is -0.143. The number of nitrogens with zero attached hydrogens (tertiary/aromatic N) is 1. The predicted octanol–water partition coefficient (Wildman–Crippen LogP) is 2.32. The Balaban J connectivity index is 1.67. The van der Waals surface area contributed by atoms with E-state index in [-0.39, 0.29) is 50.0 Å². The summed E-state index contributed by atoms with van der Waals surface area (Å²) in [5, 5.41) is 8.78. The van der Waals surface area contributed by atoms with Crippen LogP contribution in [-0.2, 0) is 46.3 Å². The van der Waals surface area contributed by atoms with Gasteiger partial charge in [0.1, 0.15) is 17.2 Å². The maximum atomic E-state index is 14.5. The number of rotatable bonds is 20. The first-order valence-electron chi connectivity index (χ1n) is 18.1. The minimum atomic E-state index is -1.85. The van der Waals surface area contributed by atoms with Crippen LogP contribution in [0.25, 0.3) is 0 Å². The van der Waals surface area contributed by atoms with Gasteiger partial charge in [-0.2, -0.15) is 0 Å². The van der Waals surface area contributed by atoms with E-state index in [0.29, 0.717) is 45.6 Å². The number of aryl methyl sites for hydroxylation is 1.